The third kappa shape index (κ3) is 4.59. The smallest absolute Gasteiger partial charge is 0.130 e. The van der Waals surface area contributed by atoms with Crippen LogP contribution in [0.1, 0.15) is 38.8 Å². The highest BCUT2D eigenvalue weighted by atomic mass is 19.1. The van der Waals surface area contributed by atoms with Gasteiger partial charge in [-0.3, -0.25) is 4.90 Å². The van der Waals surface area contributed by atoms with Crippen molar-refractivity contribution in [1.82, 2.24) is 4.90 Å². The first-order valence-corrected chi connectivity index (χ1v) is 7.18. The Morgan fingerprint density at radius 2 is 1.79 bits per heavy atom. The average molecular weight is 267 g/mol. The molecule has 108 valence electrons. The van der Waals surface area contributed by atoms with E-state index in [0.717, 1.165) is 24.2 Å². The molecule has 2 unspecified atom stereocenters. The molecule has 2 rings (SSSR count). The molecule has 1 heterocycles. The summed E-state index contributed by atoms with van der Waals surface area (Å²) >= 11 is 0. The van der Waals surface area contributed by atoms with Crippen molar-refractivity contribution in [2.75, 3.05) is 13.1 Å². The first-order chi connectivity index (χ1) is 9.06. The van der Waals surface area contributed by atoms with Crippen LogP contribution in [0, 0.1) is 12.7 Å². The molecule has 2 atom stereocenters. The van der Waals surface area contributed by atoms with Crippen LogP contribution in [0.2, 0.25) is 0 Å². The highest BCUT2D eigenvalue weighted by Gasteiger charge is 2.22. The summed E-state index contributed by atoms with van der Waals surface area (Å²) in [6, 6.07) is 5.59. The molecule has 3 heteroatoms. The minimum Gasteiger partial charge on any atom is -0.373 e. The second kappa shape index (κ2) is 7.61. The van der Waals surface area contributed by atoms with E-state index in [2.05, 4.69) is 18.7 Å². The van der Waals surface area contributed by atoms with E-state index in [0.29, 0.717) is 6.54 Å². The van der Waals surface area contributed by atoms with Crippen LogP contribution in [0.4, 0.5) is 4.39 Å². The third-order valence-corrected chi connectivity index (χ3v) is 3.16. The van der Waals surface area contributed by atoms with E-state index in [1.54, 1.807) is 0 Å². The van der Waals surface area contributed by atoms with Gasteiger partial charge in [0.1, 0.15) is 5.82 Å². The van der Waals surface area contributed by atoms with Gasteiger partial charge in [-0.05, 0) is 26.3 Å². The summed E-state index contributed by atoms with van der Waals surface area (Å²) in [5, 5.41) is 0. The van der Waals surface area contributed by atoms with Gasteiger partial charge in [-0.2, -0.15) is 0 Å². The van der Waals surface area contributed by atoms with Gasteiger partial charge in [0.05, 0.1) is 12.2 Å². The average Bonchev–Trinajstić information content (AvgIpc) is 2.36. The number of ether oxygens (including phenoxy) is 1. The fourth-order valence-corrected chi connectivity index (χ4v) is 2.48. The van der Waals surface area contributed by atoms with Gasteiger partial charge in [-0.25, -0.2) is 4.39 Å². The van der Waals surface area contributed by atoms with Gasteiger partial charge in [-0.1, -0.05) is 32.0 Å². The van der Waals surface area contributed by atoms with Crippen LogP contribution < -0.4 is 0 Å². The second-order valence-corrected chi connectivity index (χ2v) is 5.00. The molecule has 0 aromatic heterocycles. The molecule has 0 saturated carbocycles. The number of hydrogen-bond acceptors (Lipinski definition) is 2. The van der Waals surface area contributed by atoms with Crippen LogP contribution >= 0.6 is 0 Å². The molecule has 0 aliphatic carbocycles. The molecule has 0 amide bonds. The Balaban J connectivity index is 0.000000861. The predicted octanol–water partition coefficient (Wildman–Crippen LogP) is 3.77. The highest BCUT2D eigenvalue weighted by molar-refractivity contribution is 5.24. The van der Waals surface area contributed by atoms with E-state index in [-0.39, 0.29) is 18.0 Å². The van der Waals surface area contributed by atoms with E-state index in [1.807, 2.05) is 39.0 Å². The molecular weight excluding hydrogens is 241 g/mol. The van der Waals surface area contributed by atoms with Gasteiger partial charge in [-0.15, -0.1) is 0 Å². The van der Waals surface area contributed by atoms with Crippen LogP contribution in [-0.4, -0.2) is 30.2 Å². The first kappa shape index (κ1) is 16.1. The molecule has 1 aliphatic rings. The Morgan fingerprint density at radius 1 is 1.21 bits per heavy atom. The summed E-state index contributed by atoms with van der Waals surface area (Å²) in [7, 11) is 0. The van der Waals surface area contributed by atoms with Crippen molar-refractivity contribution < 1.29 is 9.13 Å². The maximum absolute atomic E-state index is 13.9. The normalized spacial score (nSPS) is 23.7. The van der Waals surface area contributed by atoms with Crippen molar-refractivity contribution in [3.8, 4) is 0 Å². The Kier molecular flexibility index (Phi) is 6.46. The van der Waals surface area contributed by atoms with E-state index >= 15 is 0 Å². The van der Waals surface area contributed by atoms with E-state index in [4.69, 9.17) is 4.74 Å². The van der Waals surface area contributed by atoms with Gasteiger partial charge in [0.25, 0.3) is 0 Å². The molecule has 0 spiro atoms. The lowest BCUT2D eigenvalue weighted by atomic mass is 10.1. The van der Waals surface area contributed by atoms with Crippen molar-refractivity contribution in [2.45, 2.75) is 53.4 Å². The fraction of sp³-hybridized carbons (Fsp3) is 0.625. The van der Waals surface area contributed by atoms with Crippen LogP contribution in [0.3, 0.4) is 0 Å². The number of halogens is 1. The van der Waals surface area contributed by atoms with Gasteiger partial charge in [0, 0.05) is 25.2 Å². The molecule has 1 saturated heterocycles. The molecule has 1 aliphatic heterocycles. The lowest BCUT2D eigenvalue weighted by Gasteiger charge is -2.35. The number of morpholine rings is 1. The number of rotatable bonds is 2. The molecule has 1 aromatic carbocycles. The van der Waals surface area contributed by atoms with Crippen molar-refractivity contribution in [2.24, 2.45) is 0 Å². The third-order valence-electron chi connectivity index (χ3n) is 3.16. The molecule has 1 aromatic rings. The van der Waals surface area contributed by atoms with Crippen molar-refractivity contribution in [3.63, 3.8) is 0 Å². The van der Waals surface area contributed by atoms with Crippen LogP contribution in [0.15, 0.2) is 18.2 Å². The topological polar surface area (TPSA) is 12.5 Å². The van der Waals surface area contributed by atoms with Crippen LogP contribution in [0.25, 0.3) is 0 Å². The zero-order valence-electron chi connectivity index (χ0n) is 12.7. The Hall–Kier alpha value is -0.930. The van der Waals surface area contributed by atoms with Gasteiger partial charge in [0.2, 0.25) is 0 Å². The van der Waals surface area contributed by atoms with Gasteiger partial charge >= 0.3 is 0 Å². The number of benzene rings is 1. The molecule has 0 radical (unpaired) electrons. The quantitative estimate of drug-likeness (QED) is 0.808. The van der Waals surface area contributed by atoms with Crippen molar-refractivity contribution >= 4 is 0 Å². The summed E-state index contributed by atoms with van der Waals surface area (Å²) in [6.45, 7) is 12.4. The van der Waals surface area contributed by atoms with Crippen molar-refractivity contribution in [1.29, 1.82) is 0 Å². The monoisotopic (exact) mass is 267 g/mol. The summed E-state index contributed by atoms with van der Waals surface area (Å²) in [4.78, 5) is 2.26. The largest absolute Gasteiger partial charge is 0.373 e. The molecule has 0 bridgehead atoms. The second-order valence-electron chi connectivity index (χ2n) is 5.00. The number of hydrogen-bond donors (Lipinski definition) is 0. The van der Waals surface area contributed by atoms with Gasteiger partial charge in [0.15, 0.2) is 0 Å². The fourth-order valence-electron chi connectivity index (χ4n) is 2.48. The highest BCUT2D eigenvalue weighted by Crippen LogP contribution is 2.17. The number of nitrogens with zero attached hydrogens (tertiary/aromatic N) is 1. The standard InChI is InChI=1S/C14H20FNO.C2H6/c1-10-5-4-6-13(14(10)15)9-16-7-11(2)17-12(3)8-16;1-2/h4-6,11-12H,7-9H2,1-3H3;1-2H3. The lowest BCUT2D eigenvalue weighted by Crippen LogP contribution is -2.44. The molecule has 2 nitrogen and oxygen atoms in total. The van der Waals surface area contributed by atoms with Crippen molar-refractivity contribution in [3.05, 3.63) is 35.1 Å². The Morgan fingerprint density at radius 3 is 2.37 bits per heavy atom. The van der Waals surface area contributed by atoms with Gasteiger partial charge < -0.3 is 4.74 Å². The van der Waals surface area contributed by atoms with E-state index in [9.17, 15) is 4.39 Å². The molecule has 19 heavy (non-hydrogen) atoms. The van der Waals surface area contributed by atoms with Crippen LogP contribution in [0.5, 0.6) is 0 Å². The number of aryl methyl sites for hydroxylation is 1. The maximum atomic E-state index is 13.9. The summed E-state index contributed by atoms with van der Waals surface area (Å²) < 4.78 is 19.6. The zero-order chi connectivity index (χ0) is 14.4. The molecular formula is C16H26FNO. The Bertz CT molecular complexity index is 384. The molecule has 0 N–H and O–H groups in total. The lowest BCUT2D eigenvalue weighted by molar-refractivity contribution is -0.0707. The Labute approximate surface area is 116 Å². The first-order valence-electron chi connectivity index (χ1n) is 7.18. The summed E-state index contributed by atoms with van der Waals surface area (Å²) in [5.41, 5.74) is 1.50. The minimum atomic E-state index is -0.0701. The van der Waals surface area contributed by atoms with E-state index < -0.39 is 0 Å². The predicted molar refractivity (Wildman–Crippen MR) is 77.8 cm³/mol. The minimum absolute atomic E-state index is 0.0701. The summed E-state index contributed by atoms with van der Waals surface area (Å²) in [5.74, 6) is -0.0701. The van der Waals surface area contributed by atoms with E-state index in [1.165, 1.54) is 0 Å². The molecule has 1 fully saturated rings. The van der Waals surface area contributed by atoms with Crippen LogP contribution in [-0.2, 0) is 11.3 Å². The SMILES string of the molecule is CC.Cc1cccc(CN2CC(C)OC(C)C2)c1F. The maximum Gasteiger partial charge on any atom is 0.130 e. The summed E-state index contributed by atoms with van der Waals surface area (Å²) in [6.07, 6.45) is 0.457. The zero-order valence-corrected chi connectivity index (χ0v) is 12.7.